The summed E-state index contributed by atoms with van der Waals surface area (Å²) in [6, 6.07) is 6.81. The van der Waals surface area contributed by atoms with Gasteiger partial charge in [0.25, 0.3) is 5.56 Å². The van der Waals surface area contributed by atoms with E-state index < -0.39 is 5.97 Å². The Morgan fingerprint density at radius 1 is 1.48 bits per heavy atom. The van der Waals surface area contributed by atoms with E-state index in [0.29, 0.717) is 23.1 Å². The molecule has 2 aromatic rings. The predicted octanol–water partition coefficient (Wildman–Crippen LogP) is 2.00. The molecule has 0 radical (unpaired) electrons. The van der Waals surface area contributed by atoms with Crippen LogP contribution in [0, 0.1) is 12.3 Å². The van der Waals surface area contributed by atoms with Crippen molar-refractivity contribution in [3.8, 4) is 12.3 Å². The zero-order valence-electron chi connectivity index (χ0n) is 11.7. The van der Waals surface area contributed by atoms with E-state index in [9.17, 15) is 9.59 Å². The Morgan fingerprint density at radius 2 is 2.19 bits per heavy atom. The average molecular weight is 284 g/mol. The van der Waals surface area contributed by atoms with Crippen molar-refractivity contribution in [1.82, 2.24) is 9.55 Å². The first-order chi connectivity index (χ1) is 10.0. The summed E-state index contributed by atoms with van der Waals surface area (Å²) < 4.78 is 1.52. The van der Waals surface area contributed by atoms with Crippen LogP contribution in [0.5, 0.6) is 0 Å². The number of aromatic nitrogens is 2. The summed E-state index contributed by atoms with van der Waals surface area (Å²) in [5, 5.41) is 9.36. The largest absolute Gasteiger partial charge is 0.481 e. The molecule has 5 heteroatoms. The van der Waals surface area contributed by atoms with Crippen LogP contribution < -0.4 is 5.56 Å². The monoisotopic (exact) mass is 284 g/mol. The molecule has 0 fully saturated rings. The highest BCUT2D eigenvalue weighted by molar-refractivity contribution is 5.77. The molecule has 0 saturated heterocycles. The Kier molecular flexibility index (Phi) is 4.39. The van der Waals surface area contributed by atoms with Gasteiger partial charge in [-0.25, -0.2) is 4.98 Å². The fourth-order valence-corrected chi connectivity index (χ4v) is 2.30. The van der Waals surface area contributed by atoms with Crippen molar-refractivity contribution in [3.05, 3.63) is 40.4 Å². The minimum absolute atomic E-state index is 0.0758. The second kappa shape index (κ2) is 6.23. The van der Waals surface area contributed by atoms with Gasteiger partial charge in [-0.05, 0) is 19.1 Å². The second-order valence-electron chi connectivity index (χ2n) is 4.87. The van der Waals surface area contributed by atoms with Gasteiger partial charge in [-0.1, -0.05) is 12.1 Å². The summed E-state index contributed by atoms with van der Waals surface area (Å²) in [6.07, 6.45) is 5.83. The van der Waals surface area contributed by atoms with Gasteiger partial charge >= 0.3 is 5.97 Å². The fraction of sp³-hybridized carbons (Fsp3) is 0.312. The number of aliphatic carboxylic acids is 1. The van der Waals surface area contributed by atoms with Crippen LogP contribution in [0.15, 0.2) is 29.1 Å². The van der Waals surface area contributed by atoms with Gasteiger partial charge in [0, 0.05) is 18.9 Å². The molecular weight excluding hydrogens is 268 g/mol. The third-order valence-electron chi connectivity index (χ3n) is 3.30. The number of carboxylic acids is 1. The molecule has 0 aliphatic heterocycles. The average Bonchev–Trinajstić information content (AvgIpc) is 2.45. The molecular formula is C16H16N2O3. The SMILES string of the molecule is C#CCC(C)n1c(CCC(=O)O)nc2ccccc2c1=O. The molecule has 1 aromatic heterocycles. The van der Waals surface area contributed by atoms with Gasteiger partial charge in [0.05, 0.1) is 17.3 Å². The number of hydrogen-bond acceptors (Lipinski definition) is 3. The molecule has 1 atom stereocenters. The van der Waals surface area contributed by atoms with Crippen molar-refractivity contribution in [1.29, 1.82) is 0 Å². The molecule has 1 aromatic carbocycles. The third-order valence-corrected chi connectivity index (χ3v) is 3.30. The van der Waals surface area contributed by atoms with Gasteiger partial charge in [0.15, 0.2) is 0 Å². The van der Waals surface area contributed by atoms with Gasteiger partial charge in [0.2, 0.25) is 0 Å². The highest BCUT2D eigenvalue weighted by Crippen LogP contribution is 2.15. The molecule has 0 bridgehead atoms. The fourth-order valence-electron chi connectivity index (χ4n) is 2.30. The smallest absolute Gasteiger partial charge is 0.303 e. The number of para-hydroxylation sites is 1. The van der Waals surface area contributed by atoms with E-state index in [0.717, 1.165) is 0 Å². The molecule has 0 saturated carbocycles. The van der Waals surface area contributed by atoms with Crippen LogP contribution in [0.4, 0.5) is 0 Å². The first-order valence-corrected chi connectivity index (χ1v) is 6.70. The van der Waals surface area contributed by atoms with E-state index in [1.54, 1.807) is 24.3 Å². The standard InChI is InChI=1S/C16H16N2O3/c1-3-6-11(2)18-14(9-10-15(19)20)17-13-8-5-4-7-12(13)16(18)21/h1,4-5,7-8,11H,6,9-10H2,2H3,(H,19,20). The van der Waals surface area contributed by atoms with Crippen molar-refractivity contribution < 1.29 is 9.90 Å². The van der Waals surface area contributed by atoms with Crippen LogP contribution >= 0.6 is 0 Å². The van der Waals surface area contributed by atoms with E-state index >= 15 is 0 Å². The molecule has 108 valence electrons. The van der Waals surface area contributed by atoms with Crippen molar-refractivity contribution >= 4 is 16.9 Å². The van der Waals surface area contributed by atoms with Crippen LogP contribution in [0.2, 0.25) is 0 Å². The Balaban J connectivity index is 2.62. The van der Waals surface area contributed by atoms with E-state index in [4.69, 9.17) is 11.5 Å². The van der Waals surface area contributed by atoms with E-state index in [2.05, 4.69) is 10.9 Å². The second-order valence-corrected chi connectivity index (χ2v) is 4.87. The van der Waals surface area contributed by atoms with Crippen molar-refractivity contribution in [2.75, 3.05) is 0 Å². The Labute approximate surface area is 122 Å². The number of aryl methyl sites for hydroxylation is 1. The van der Waals surface area contributed by atoms with E-state index in [-0.39, 0.29) is 24.4 Å². The van der Waals surface area contributed by atoms with Crippen LogP contribution in [-0.2, 0) is 11.2 Å². The third kappa shape index (κ3) is 3.11. The number of carboxylic acid groups (broad SMARTS) is 1. The number of hydrogen-bond donors (Lipinski definition) is 1. The molecule has 0 aliphatic carbocycles. The Bertz CT molecular complexity index is 771. The van der Waals surface area contributed by atoms with Gasteiger partial charge in [-0.3, -0.25) is 14.2 Å². The molecule has 1 unspecified atom stereocenters. The van der Waals surface area contributed by atoms with Crippen LogP contribution in [0.1, 0.15) is 31.6 Å². The maximum absolute atomic E-state index is 12.6. The van der Waals surface area contributed by atoms with Gasteiger partial charge in [-0.15, -0.1) is 12.3 Å². The number of carbonyl (C=O) groups is 1. The zero-order chi connectivity index (χ0) is 15.4. The summed E-state index contributed by atoms with van der Waals surface area (Å²) in [5.74, 6) is 2.07. The highest BCUT2D eigenvalue weighted by atomic mass is 16.4. The molecule has 0 amide bonds. The lowest BCUT2D eigenvalue weighted by molar-refractivity contribution is -0.137. The highest BCUT2D eigenvalue weighted by Gasteiger charge is 2.16. The zero-order valence-corrected chi connectivity index (χ0v) is 11.7. The van der Waals surface area contributed by atoms with Crippen LogP contribution in [0.25, 0.3) is 10.9 Å². The van der Waals surface area contributed by atoms with Crippen molar-refractivity contribution in [2.24, 2.45) is 0 Å². The first kappa shape index (κ1) is 14.8. The quantitative estimate of drug-likeness (QED) is 0.852. The van der Waals surface area contributed by atoms with Crippen LogP contribution in [-0.4, -0.2) is 20.6 Å². The first-order valence-electron chi connectivity index (χ1n) is 6.70. The lowest BCUT2D eigenvalue weighted by Crippen LogP contribution is -2.28. The minimum Gasteiger partial charge on any atom is -0.481 e. The molecule has 1 N–H and O–H groups in total. The number of terminal acetylenes is 1. The predicted molar refractivity (Wildman–Crippen MR) is 80.1 cm³/mol. The van der Waals surface area contributed by atoms with Crippen LogP contribution in [0.3, 0.4) is 0 Å². The molecule has 0 spiro atoms. The van der Waals surface area contributed by atoms with E-state index in [1.807, 2.05) is 6.92 Å². The summed E-state index contributed by atoms with van der Waals surface area (Å²) in [7, 11) is 0. The number of benzene rings is 1. The lowest BCUT2D eigenvalue weighted by Gasteiger charge is -2.18. The van der Waals surface area contributed by atoms with Gasteiger partial charge in [0.1, 0.15) is 5.82 Å². The molecule has 5 nitrogen and oxygen atoms in total. The molecule has 2 rings (SSSR count). The maximum atomic E-state index is 12.6. The van der Waals surface area contributed by atoms with E-state index in [1.165, 1.54) is 4.57 Å². The molecule has 21 heavy (non-hydrogen) atoms. The number of nitrogens with zero attached hydrogens (tertiary/aromatic N) is 2. The normalized spacial score (nSPS) is 12.0. The molecule has 0 aliphatic rings. The number of rotatable bonds is 5. The summed E-state index contributed by atoms with van der Waals surface area (Å²) in [4.78, 5) is 27.8. The topological polar surface area (TPSA) is 72.2 Å². The maximum Gasteiger partial charge on any atom is 0.303 e. The number of fused-ring (bicyclic) bond motifs is 1. The summed E-state index contributed by atoms with van der Waals surface area (Å²) in [5.41, 5.74) is 0.399. The van der Waals surface area contributed by atoms with Gasteiger partial charge in [-0.2, -0.15) is 0 Å². The van der Waals surface area contributed by atoms with Gasteiger partial charge < -0.3 is 5.11 Å². The summed E-state index contributed by atoms with van der Waals surface area (Å²) >= 11 is 0. The van der Waals surface area contributed by atoms with Crippen molar-refractivity contribution in [3.63, 3.8) is 0 Å². The summed E-state index contributed by atoms with van der Waals surface area (Å²) in [6.45, 7) is 1.84. The lowest BCUT2D eigenvalue weighted by atomic mass is 10.1. The molecule has 1 heterocycles. The Hall–Kier alpha value is -2.61. The minimum atomic E-state index is -0.923. The van der Waals surface area contributed by atoms with Crippen molar-refractivity contribution in [2.45, 2.75) is 32.2 Å². The Morgan fingerprint density at radius 3 is 2.86 bits per heavy atom.